The second-order valence-corrected chi connectivity index (χ2v) is 24.7. The zero-order valence-electron chi connectivity index (χ0n) is 51.9. The molecule has 0 amide bonds. The number of nitrogens with zero attached hydrogens (tertiary/aromatic N) is 7. The molecule has 69 heavy (non-hydrogen) atoms. The van der Waals surface area contributed by atoms with Crippen molar-refractivity contribution in [1.29, 1.82) is 0 Å². The zero-order chi connectivity index (χ0) is 53.0. The van der Waals surface area contributed by atoms with Crippen LogP contribution in [0.3, 0.4) is 0 Å². The minimum atomic E-state index is 0. The van der Waals surface area contributed by atoms with Gasteiger partial charge in [0.15, 0.2) is 0 Å². The topological polar surface area (TPSA) is 34.7 Å². The summed E-state index contributed by atoms with van der Waals surface area (Å²) in [4.78, 5) is 17.5. The number of piperazine rings is 1. The summed E-state index contributed by atoms with van der Waals surface area (Å²) < 4.78 is 0. The summed E-state index contributed by atoms with van der Waals surface area (Å²) >= 11 is 0. The predicted octanol–water partition coefficient (Wildman–Crippen LogP) is 12.8. The molecule has 0 aromatic heterocycles. The molecule has 0 spiro atoms. The third-order valence-corrected chi connectivity index (χ3v) is 13.9. The van der Waals surface area contributed by atoms with Crippen molar-refractivity contribution in [3.8, 4) is 0 Å². The Bertz CT molecular complexity index is 1110. The van der Waals surface area contributed by atoms with Gasteiger partial charge in [-0.25, -0.2) is 0 Å². The molecule has 6 rings (SSSR count). The zero-order valence-corrected chi connectivity index (χ0v) is 57.6. The van der Waals surface area contributed by atoms with Gasteiger partial charge < -0.3 is 42.8 Å². The van der Waals surface area contributed by atoms with Gasteiger partial charge >= 0.3 is 0 Å². The minimum absolute atomic E-state index is 0. The van der Waals surface area contributed by atoms with Gasteiger partial charge in [0.05, 0.1) is 0 Å². The van der Waals surface area contributed by atoms with Gasteiger partial charge in [0, 0.05) is 137 Å². The van der Waals surface area contributed by atoms with Gasteiger partial charge in [0.2, 0.25) is 0 Å². The number of hydrogen-bond donors (Lipinski definition) is 1. The Balaban J connectivity index is -0.000000233. The molecule has 6 saturated heterocycles. The van der Waals surface area contributed by atoms with Crippen molar-refractivity contribution in [2.45, 2.75) is 244 Å². The van der Waals surface area contributed by atoms with Gasteiger partial charge in [0.1, 0.15) is 0 Å². The number of rotatable bonds is 5. The third kappa shape index (κ3) is 34.3. The Labute approximate surface area is 489 Å². The largest absolute Gasteiger partial charge is 0.358 e. The Morgan fingerprint density at radius 2 is 0.783 bits per heavy atom. The van der Waals surface area contributed by atoms with E-state index in [1.807, 2.05) is 41.5 Å². The van der Waals surface area contributed by atoms with Crippen LogP contribution in [0.2, 0.25) is 0 Å². The summed E-state index contributed by atoms with van der Waals surface area (Å²) in [5.41, 5.74) is 2.07. The van der Waals surface area contributed by atoms with Crippen LogP contribution in [0.4, 0.5) is 0 Å². The maximum Gasteiger partial charge on any atom is 0.0224 e. The van der Waals surface area contributed by atoms with Crippen molar-refractivity contribution >= 4 is 0 Å². The first-order chi connectivity index (χ1) is 30.9. The number of fused-ring (bicyclic) bond motifs is 2. The van der Waals surface area contributed by atoms with Crippen LogP contribution >= 0.6 is 0 Å². The number of nitrogens with one attached hydrogen (secondary N) is 1. The van der Waals surface area contributed by atoms with Crippen LogP contribution in [0, 0.1) is 39.5 Å². The second kappa shape index (κ2) is 40.1. The molecule has 3 atom stereocenters. The molecule has 6 heterocycles. The summed E-state index contributed by atoms with van der Waals surface area (Å²) in [5, 5.41) is 3.47. The molecule has 0 bridgehead atoms. The van der Waals surface area contributed by atoms with Gasteiger partial charge in [-0.2, -0.15) is 6.42 Å². The van der Waals surface area contributed by atoms with Gasteiger partial charge in [0.25, 0.3) is 0 Å². The second-order valence-electron chi connectivity index (χ2n) is 24.7. The Hall–Kier alpha value is 1.89. The summed E-state index contributed by atoms with van der Waals surface area (Å²) in [6.45, 7) is 87.2. The minimum Gasteiger partial charge on any atom is -0.358 e. The van der Waals surface area contributed by atoms with Crippen molar-refractivity contribution < 1.29 is 65.4 Å². The van der Waals surface area contributed by atoms with Crippen LogP contribution in [0.15, 0.2) is 0 Å². The fourth-order valence-electron chi connectivity index (χ4n) is 9.13. The van der Waals surface area contributed by atoms with Crippen molar-refractivity contribution in [2.24, 2.45) is 11.8 Å². The Morgan fingerprint density at radius 3 is 1.03 bits per heavy atom. The number of hydrogen-bond acceptors (Lipinski definition) is 8. The van der Waals surface area contributed by atoms with Crippen molar-refractivity contribution in [2.75, 3.05) is 105 Å². The fourth-order valence-corrected chi connectivity index (χ4v) is 9.13. The summed E-state index contributed by atoms with van der Waals surface area (Å²) in [6.07, 6.45) is 8.01. The van der Waals surface area contributed by atoms with E-state index in [0.29, 0.717) is 22.2 Å². The van der Waals surface area contributed by atoms with Crippen LogP contribution in [0.1, 0.15) is 205 Å². The van der Waals surface area contributed by atoms with E-state index in [9.17, 15) is 0 Å². The SMILES string of the molecule is CC.CC.CC.CC(C)(C)N1CC2CNCC2C1.CC(C)(C)N1CCC1.CC(C)(C)N1CCCC1.CC(C)(C)N1CCN2CCCC2C1.[CH2-]CCN(C[CH2-])C(C)(C)C.[CH2-]CN(C[CH2-])C(C)(C)C.[Y].[Y]. The normalized spacial score (nSPS) is 21.9. The summed E-state index contributed by atoms with van der Waals surface area (Å²) in [7, 11) is 0. The van der Waals surface area contributed by atoms with E-state index < -0.39 is 0 Å². The average molecular weight is 1130 g/mol. The van der Waals surface area contributed by atoms with Crippen molar-refractivity contribution in [3.63, 3.8) is 0 Å². The van der Waals surface area contributed by atoms with Gasteiger partial charge in [-0.1, -0.05) is 41.5 Å². The molecular weight excluding hydrogens is 999 g/mol. The molecule has 0 aromatic carbocycles. The maximum absolute atomic E-state index is 3.87. The quantitative estimate of drug-likeness (QED) is 0.273. The molecule has 2 radical (unpaired) electrons. The van der Waals surface area contributed by atoms with Crippen LogP contribution in [0.25, 0.3) is 0 Å². The van der Waals surface area contributed by atoms with Crippen LogP contribution < -0.4 is 5.32 Å². The predicted molar refractivity (Wildman–Crippen MR) is 306 cm³/mol. The van der Waals surface area contributed by atoms with Crippen LogP contribution in [-0.4, -0.2) is 178 Å². The first-order valence-electron chi connectivity index (χ1n) is 28.0. The molecule has 6 aliphatic heterocycles. The van der Waals surface area contributed by atoms with Gasteiger partial charge in [-0.05, 0) is 221 Å². The molecular formula is C59H128N8Y2-4. The van der Waals surface area contributed by atoms with Gasteiger partial charge in [-0.3, -0.25) is 24.5 Å². The van der Waals surface area contributed by atoms with E-state index in [-0.39, 0.29) is 76.5 Å². The first kappa shape index (κ1) is 79.8. The molecule has 414 valence electrons. The molecule has 0 saturated carbocycles. The van der Waals surface area contributed by atoms with E-state index in [0.717, 1.165) is 50.5 Å². The van der Waals surface area contributed by atoms with E-state index in [1.165, 1.54) is 111 Å². The van der Waals surface area contributed by atoms with Gasteiger partial charge in [-0.15, -0.1) is 19.6 Å². The fraction of sp³-hybridized carbons (Fsp3) is 0.932. The summed E-state index contributed by atoms with van der Waals surface area (Å²) in [5.74, 6) is 1.87. The van der Waals surface area contributed by atoms with Crippen LogP contribution in [0.5, 0.6) is 0 Å². The molecule has 6 aliphatic rings. The smallest absolute Gasteiger partial charge is 0.0224 e. The molecule has 6 fully saturated rings. The number of likely N-dealkylation sites (tertiary alicyclic amines) is 3. The Kier molecular flexibility index (Phi) is 46.4. The molecule has 0 aliphatic carbocycles. The van der Waals surface area contributed by atoms with E-state index in [1.54, 1.807) is 0 Å². The monoisotopic (exact) mass is 1130 g/mol. The van der Waals surface area contributed by atoms with Crippen LogP contribution in [-0.2, 0) is 65.4 Å². The Morgan fingerprint density at radius 1 is 0.420 bits per heavy atom. The van der Waals surface area contributed by atoms with E-state index in [2.05, 4.69) is 192 Å². The van der Waals surface area contributed by atoms with E-state index in [4.69, 9.17) is 0 Å². The first-order valence-corrected chi connectivity index (χ1v) is 28.0. The van der Waals surface area contributed by atoms with Crippen molar-refractivity contribution in [3.05, 3.63) is 27.7 Å². The molecule has 3 unspecified atom stereocenters. The molecule has 10 heteroatoms. The average Bonchev–Trinajstić information content (AvgIpc) is 4.04. The molecule has 1 N–H and O–H groups in total. The van der Waals surface area contributed by atoms with E-state index >= 15 is 0 Å². The summed E-state index contributed by atoms with van der Waals surface area (Å²) in [6, 6.07) is 0.868. The van der Waals surface area contributed by atoms with Crippen molar-refractivity contribution in [1.82, 2.24) is 39.6 Å². The maximum atomic E-state index is 3.87. The third-order valence-electron chi connectivity index (χ3n) is 13.9. The molecule has 8 nitrogen and oxygen atoms in total. The standard InChI is InChI=1S/C11H22N2.C10H20N2.C9H19N.2C8H17N.C7H15N.3C2H6.2Y/c1-11(2,3)13-8-7-12-6-4-5-10(12)9-13;1-10(2,3)12-6-8-4-11-5-9(8)7-12;1-6-8-10(7-2)9(3,4)5;1-8(2,3)9-6-4-5-7-9;1-6-9(7-2)8(3,4)5;1-7(2,3)8-5-4-6-8;3*1-2;;/h10H,4-9H2,1-3H3;8-9,11H,4-7H2,1-3H3;1-2,6-8H2,3-5H3;4-7H2,1-3H3;1-2,6-7H2,3-5H3;4-6H2,1-3H3;3*1-2H3;;/q;;-2;;-2;;;;;;. The molecule has 0 aromatic rings.